The zero-order chi connectivity index (χ0) is 11.2. The molecule has 1 aliphatic rings. The van der Waals surface area contributed by atoms with Crippen LogP contribution in [0.25, 0.3) is 0 Å². The Hall–Kier alpha value is -0.860. The van der Waals surface area contributed by atoms with Crippen molar-refractivity contribution in [2.75, 3.05) is 19.8 Å². The first-order valence-electron chi connectivity index (χ1n) is 6.28. The summed E-state index contributed by atoms with van der Waals surface area (Å²) in [5, 5.41) is 3.59. The number of hydrogen-bond donors (Lipinski definition) is 1. The van der Waals surface area contributed by atoms with Gasteiger partial charge in [0.25, 0.3) is 0 Å². The molecule has 1 N–H and O–H groups in total. The molecule has 0 radical (unpaired) electrons. The van der Waals surface area contributed by atoms with Crippen LogP contribution in [-0.4, -0.2) is 19.8 Å². The number of benzene rings is 1. The Balaban J connectivity index is 2.09. The Morgan fingerprint density at radius 2 is 2.19 bits per heavy atom. The second kappa shape index (κ2) is 6.02. The maximum atomic E-state index is 5.59. The summed E-state index contributed by atoms with van der Waals surface area (Å²) >= 11 is 0. The summed E-state index contributed by atoms with van der Waals surface area (Å²) < 4.78 is 5.59. The molecule has 2 heteroatoms. The molecule has 0 saturated carbocycles. The monoisotopic (exact) mass is 219 g/mol. The molecule has 16 heavy (non-hydrogen) atoms. The highest BCUT2D eigenvalue weighted by atomic mass is 16.5. The van der Waals surface area contributed by atoms with Crippen LogP contribution < -0.4 is 5.32 Å². The van der Waals surface area contributed by atoms with Gasteiger partial charge in [0.05, 0.1) is 6.61 Å². The minimum atomic E-state index is 0.450. The fourth-order valence-electron chi connectivity index (χ4n) is 2.47. The summed E-state index contributed by atoms with van der Waals surface area (Å²) in [7, 11) is 0. The van der Waals surface area contributed by atoms with E-state index < -0.39 is 0 Å². The van der Waals surface area contributed by atoms with E-state index in [4.69, 9.17) is 4.74 Å². The minimum absolute atomic E-state index is 0.450. The molecule has 1 aromatic carbocycles. The summed E-state index contributed by atoms with van der Waals surface area (Å²) in [5.74, 6) is 0.621. The van der Waals surface area contributed by atoms with Crippen molar-refractivity contribution in [3.63, 3.8) is 0 Å². The fourth-order valence-corrected chi connectivity index (χ4v) is 2.47. The van der Waals surface area contributed by atoms with Crippen molar-refractivity contribution < 1.29 is 4.74 Å². The molecule has 0 amide bonds. The number of rotatable bonds is 4. The molecule has 1 heterocycles. The van der Waals surface area contributed by atoms with Crippen molar-refractivity contribution in [1.82, 2.24) is 5.32 Å². The first-order valence-corrected chi connectivity index (χ1v) is 6.28. The maximum absolute atomic E-state index is 5.59. The second-order valence-electron chi connectivity index (χ2n) is 4.42. The largest absolute Gasteiger partial charge is 0.381 e. The first-order chi connectivity index (χ1) is 7.92. The third-order valence-corrected chi connectivity index (χ3v) is 3.25. The van der Waals surface area contributed by atoms with E-state index in [1.807, 2.05) is 0 Å². The van der Waals surface area contributed by atoms with Gasteiger partial charge in [-0.2, -0.15) is 0 Å². The van der Waals surface area contributed by atoms with Crippen LogP contribution in [0.5, 0.6) is 0 Å². The van der Waals surface area contributed by atoms with E-state index in [-0.39, 0.29) is 0 Å². The van der Waals surface area contributed by atoms with Crippen LogP contribution in [0.3, 0.4) is 0 Å². The molecule has 0 aromatic heterocycles. The molecule has 1 aliphatic heterocycles. The van der Waals surface area contributed by atoms with Gasteiger partial charge in [0.15, 0.2) is 0 Å². The number of ether oxygens (including phenoxy) is 1. The summed E-state index contributed by atoms with van der Waals surface area (Å²) in [6, 6.07) is 11.2. The van der Waals surface area contributed by atoms with E-state index in [9.17, 15) is 0 Å². The molecule has 1 saturated heterocycles. The van der Waals surface area contributed by atoms with Gasteiger partial charge in [0.1, 0.15) is 0 Å². The van der Waals surface area contributed by atoms with E-state index in [2.05, 4.69) is 42.6 Å². The molecule has 2 atom stereocenters. The zero-order valence-corrected chi connectivity index (χ0v) is 9.99. The highest BCUT2D eigenvalue weighted by Gasteiger charge is 2.24. The summed E-state index contributed by atoms with van der Waals surface area (Å²) in [4.78, 5) is 0. The van der Waals surface area contributed by atoms with Crippen molar-refractivity contribution in [1.29, 1.82) is 0 Å². The average molecular weight is 219 g/mol. The van der Waals surface area contributed by atoms with Gasteiger partial charge in [0.2, 0.25) is 0 Å². The topological polar surface area (TPSA) is 21.3 Å². The Morgan fingerprint density at radius 3 is 2.81 bits per heavy atom. The third kappa shape index (κ3) is 2.83. The molecule has 1 aromatic rings. The predicted molar refractivity (Wildman–Crippen MR) is 66.4 cm³/mol. The molecule has 1 fully saturated rings. The lowest BCUT2D eigenvalue weighted by Crippen LogP contribution is -2.33. The quantitative estimate of drug-likeness (QED) is 0.840. The smallest absolute Gasteiger partial charge is 0.0512 e. The molecule has 0 aliphatic carbocycles. The lowest BCUT2D eigenvalue weighted by molar-refractivity contribution is 0.0393. The molecule has 0 spiro atoms. The van der Waals surface area contributed by atoms with Gasteiger partial charge in [-0.1, -0.05) is 37.3 Å². The molecule has 2 nitrogen and oxygen atoms in total. The van der Waals surface area contributed by atoms with Crippen LogP contribution in [0, 0.1) is 5.92 Å². The van der Waals surface area contributed by atoms with Crippen LogP contribution in [-0.2, 0) is 4.74 Å². The maximum Gasteiger partial charge on any atom is 0.0512 e. The van der Waals surface area contributed by atoms with E-state index in [1.54, 1.807) is 0 Å². The normalized spacial score (nSPS) is 22.9. The van der Waals surface area contributed by atoms with Crippen molar-refractivity contribution in [3.05, 3.63) is 35.9 Å². The highest BCUT2D eigenvalue weighted by Crippen LogP contribution is 2.28. The summed E-state index contributed by atoms with van der Waals surface area (Å²) in [6.07, 6.45) is 2.46. The Labute approximate surface area is 98.0 Å². The van der Waals surface area contributed by atoms with Gasteiger partial charge in [-0.3, -0.25) is 0 Å². The molecule has 88 valence electrons. The summed E-state index contributed by atoms with van der Waals surface area (Å²) in [6.45, 7) is 5.01. The zero-order valence-electron chi connectivity index (χ0n) is 9.99. The highest BCUT2D eigenvalue weighted by molar-refractivity contribution is 5.19. The van der Waals surface area contributed by atoms with Crippen LogP contribution >= 0.6 is 0 Å². The molecular weight excluding hydrogens is 198 g/mol. The van der Waals surface area contributed by atoms with Gasteiger partial charge >= 0.3 is 0 Å². The van der Waals surface area contributed by atoms with Gasteiger partial charge in [-0.05, 0) is 24.9 Å². The number of nitrogens with one attached hydrogen (secondary N) is 1. The SMILES string of the molecule is CCNC(c1ccccc1)C1CCCOC1. The standard InChI is InChI=1S/C14H21NO/c1-2-15-14(12-7-4-3-5-8-12)13-9-6-10-16-11-13/h3-5,7-8,13-15H,2,6,9-11H2,1H3. The average Bonchev–Trinajstić information content (AvgIpc) is 2.38. The minimum Gasteiger partial charge on any atom is -0.381 e. The van der Waals surface area contributed by atoms with Crippen LogP contribution in [0.2, 0.25) is 0 Å². The van der Waals surface area contributed by atoms with Gasteiger partial charge in [-0.15, -0.1) is 0 Å². The molecule has 0 bridgehead atoms. The lowest BCUT2D eigenvalue weighted by atomic mass is 9.89. The van der Waals surface area contributed by atoms with Crippen LogP contribution in [0.1, 0.15) is 31.4 Å². The Kier molecular flexibility index (Phi) is 4.37. The predicted octanol–water partition coefficient (Wildman–Crippen LogP) is 2.76. The van der Waals surface area contributed by atoms with Crippen molar-refractivity contribution in [2.45, 2.75) is 25.8 Å². The van der Waals surface area contributed by atoms with E-state index in [0.29, 0.717) is 12.0 Å². The lowest BCUT2D eigenvalue weighted by Gasteiger charge is -2.31. The number of hydrogen-bond acceptors (Lipinski definition) is 2. The first kappa shape index (κ1) is 11.6. The second-order valence-corrected chi connectivity index (χ2v) is 4.42. The fraction of sp³-hybridized carbons (Fsp3) is 0.571. The van der Waals surface area contributed by atoms with Crippen LogP contribution in [0.15, 0.2) is 30.3 Å². The van der Waals surface area contributed by atoms with Crippen molar-refractivity contribution >= 4 is 0 Å². The van der Waals surface area contributed by atoms with Gasteiger partial charge in [0, 0.05) is 18.6 Å². The van der Waals surface area contributed by atoms with Gasteiger partial charge in [-0.25, -0.2) is 0 Å². The van der Waals surface area contributed by atoms with Crippen molar-refractivity contribution in [3.8, 4) is 0 Å². The third-order valence-electron chi connectivity index (χ3n) is 3.25. The molecular formula is C14H21NO. The van der Waals surface area contributed by atoms with Gasteiger partial charge < -0.3 is 10.1 Å². The van der Waals surface area contributed by atoms with E-state index in [1.165, 1.54) is 18.4 Å². The van der Waals surface area contributed by atoms with E-state index >= 15 is 0 Å². The summed E-state index contributed by atoms with van der Waals surface area (Å²) in [5.41, 5.74) is 1.39. The van der Waals surface area contributed by atoms with Crippen LogP contribution in [0.4, 0.5) is 0 Å². The molecule has 2 unspecified atom stereocenters. The molecule has 2 rings (SSSR count). The Morgan fingerprint density at radius 1 is 1.38 bits per heavy atom. The van der Waals surface area contributed by atoms with E-state index in [0.717, 1.165) is 19.8 Å². The van der Waals surface area contributed by atoms with Crippen molar-refractivity contribution in [2.24, 2.45) is 5.92 Å². The Bertz CT molecular complexity index is 293.